The molecule has 29 heavy (non-hydrogen) atoms. The zero-order valence-corrected chi connectivity index (χ0v) is 17.5. The fourth-order valence-corrected chi connectivity index (χ4v) is 2.79. The van der Waals surface area contributed by atoms with Crippen LogP contribution in [0.25, 0.3) is 0 Å². The van der Waals surface area contributed by atoms with E-state index in [-0.39, 0.29) is 86.7 Å². The van der Waals surface area contributed by atoms with Gasteiger partial charge >= 0.3 is 5.97 Å². The topological polar surface area (TPSA) is 123 Å². The van der Waals surface area contributed by atoms with Gasteiger partial charge < -0.3 is 5.11 Å². The van der Waals surface area contributed by atoms with E-state index in [1.54, 1.807) is 0 Å². The minimum atomic E-state index is -0.845. The quantitative estimate of drug-likeness (QED) is 0.303. The number of Topliss-reactive ketones (excluding diaryl/α,β-unsaturated/α-hetero) is 5. The highest BCUT2D eigenvalue weighted by atomic mass is 16.4. The minimum absolute atomic E-state index is 0.0248. The predicted octanol–water partition coefficient (Wildman–Crippen LogP) is 3.79. The van der Waals surface area contributed by atoms with Gasteiger partial charge in [0, 0.05) is 70.6 Å². The molecule has 0 aromatic carbocycles. The molecule has 7 nitrogen and oxygen atoms in total. The van der Waals surface area contributed by atoms with Gasteiger partial charge in [-0.25, -0.2) is 0 Å². The number of carboxylic acids is 1. The van der Waals surface area contributed by atoms with Crippen LogP contribution in [0.2, 0.25) is 0 Å². The number of aliphatic carboxylic acids is 1. The summed E-state index contributed by atoms with van der Waals surface area (Å²) in [6.07, 6.45) is 4.52. The van der Waals surface area contributed by atoms with Crippen LogP contribution in [0.4, 0.5) is 0 Å². The van der Waals surface area contributed by atoms with E-state index in [0.29, 0.717) is 32.1 Å². The summed E-state index contributed by atoms with van der Waals surface area (Å²) < 4.78 is 0. The van der Waals surface area contributed by atoms with Crippen molar-refractivity contribution < 1.29 is 33.9 Å². The van der Waals surface area contributed by atoms with Crippen molar-refractivity contribution in [3.05, 3.63) is 0 Å². The van der Waals surface area contributed by atoms with Crippen molar-refractivity contribution in [2.24, 2.45) is 0 Å². The molecule has 0 unspecified atom stereocenters. The van der Waals surface area contributed by atoms with Crippen molar-refractivity contribution in [2.75, 3.05) is 0 Å². The van der Waals surface area contributed by atoms with E-state index in [1.165, 1.54) is 0 Å². The molecule has 0 spiro atoms. The third-order valence-electron chi connectivity index (χ3n) is 4.61. The molecule has 0 bridgehead atoms. The predicted molar refractivity (Wildman–Crippen MR) is 108 cm³/mol. The van der Waals surface area contributed by atoms with Crippen LogP contribution in [0, 0.1) is 0 Å². The molecule has 164 valence electrons. The lowest BCUT2D eigenvalue weighted by Crippen LogP contribution is -2.09. The Kier molecular flexibility index (Phi) is 15.5. The second-order valence-corrected chi connectivity index (χ2v) is 7.40. The number of carbonyl (C=O) groups excluding carboxylic acids is 5. The first-order valence-electron chi connectivity index (χ1n) is 10.5. The van der Waals surface area contributed by atoms with E-state index in [4.69, 9.17) is 5.11 Å². The number of hydrogen-bond donors (Lipinski definition) is 1. The summed E-state index contributed by atoms with van der Waals surface area (Å²) in [5, 5.41) is 8.52. The number of carboxylic acid groups (broad SMARTS) is 1. The van der Waals surface area contributed by atoms with Crippen LogP contribution in [-0.2, 0) is 28.8 Å². The highest BCUT2D eigenvalue weighted by molar-refractivity contribution is 5.91. The first kappa shape index (κ1) is 26.8. The summed E-state index contributed by atoms with van der Waals surface area (Å²) in [7, 11) is 0. The van der Waals surface area contributed by atoms with Crippen LogP contribution in [0.3, 0.4) is 0 Å². The lowest BCUT2D eigenvalue weighted by Gasteiger charge is -2.03. The largest absolute Gasteiger partial charge is 0.481 e. The minimum Gasteiger partial charge on any atom is -0.481 e. The van der Waals surface area contributed by atoms with Crippen molar-refractivity contribution >= 4 is 34.9 Å². The van der Waals surface area contributed by atoms with Crippen molar-refractivity contribution in [1.29, 1.82) is 0 Å². The third kappa shape index (κ3) is 17.6. The number of ketones is 5. The maximum atomic E-state index is 11.8. The Balaban J connectivity index is 3.76. The lowest BCUT2D eigenvalue weighted by molar-refractivity contribution is -0.137. The van der Waals surface area contributed by atoms with E-state index in [2.05, 4.69) is 0 Å². The highest BCUT2D eigenvalue weighted by Crippen LogP contribution is 2.09. The van der Waals surface area contributed by atoms with Gasteiger partial charge in [-0.15, -0.1) is 0 Å². The van der Waals surface area contributed by atoms with Crippen molar-refractivity contribution in [2.45, 2.75) is 103 Å². The summed E-state index contributed by atoms with van der Waals surface area (Å²) in [6, 6.07) is 0. The van der Waals surface area contributed by atoms with E-state index >= 15 is 0 Å². The molecule has 0 rings (SSSR count). The molecular weight excluding hydrogens is 376 g/mol. The molecule has 0 atom stereocenters. The average molecular weight is 411 g/mol. The molecule has 0 aliphatic carbocycles. The van der Waals surface area contributed by atoms with E-state index in [1.807, 2.05) is 6.92 Å². The molecule has 0 aromatic rings. The summed E-state index contributed by atoms with van der Waals surface area (Å²) in [5.74, 6) is -1.22. The molecule has 0 aromatic heterocycles. The van der Waals surface area contributed by atoms with Gasteiger partial charge in [0.2, 0.25) is 0 Å². The van der Waals surface area contributed by atoms with Gasteiger partial charge in [0.1, 0.15) is 28.9 Å². The second kappa shape index (κ2) is 16.7. The Bertz CT molecular complexity index is 578. The van der Waals surface area contributed by atoms with Crippen LogP contribution >= 0.6 is 0 Å². The Labute approximate surface area is 172 Å². The second-order valence-electron chi connectivity index (χ2n) is 7.40. The number of carbonyl (C=O) groups is 6. The lowest BCUT2D eigenvalue weighted by atomic mass is 10.0. The molecule has 0 aliphatic rings. The SMILES string of the molecule is CCCC(=O)CCC(=O)CCC(=O)CCC(=O)CCC(=O)CCCCCC(=O)O. The molecule has 0 fully saturated rings. The van der Waals surface area contributed by atoms with Crippen LogP contribution in [0.15, 0.2) is 0 Å². The van der Waals surface area contributed by atoms with E-state index in [9.17, 15) is 28.8 Å². The van der Waals surface area contributed by atoms with Crippen LogP contribution in [0.1, 0.15) is 103 Å². The Hall–Kier alpha value is -2.18. The van der Waals surface area contributed by atoms with Gasteiger partial charge in [0.05, 0.1) is 0 Å². The first-order chi connectivity index (χ1) is 13.7. The van der Waals surface area contributed by atoms with Gasteiger partial charge in [0.15, 0.2) is 0 Å². The highest BCUT2D eigenvalue weighted by Gasteiger charge is 2.12. The number of unbranched alkanes of at least 4 members (excludes halogenated alkanes) is 2. The average Bonchev–Trinajstić information content (AvgIpc) is 2.67. The van der Waals surface area contributed by atoms with E-state index < -0.39 is 5.97 Å². The number of rotatable bonds is 20. The molecule has 0 heterocycles. The van der Waals surface area contributed by atoms with E-state index in [0.717, 1.165) is 6.42 Å². The van der Waals surface area contributed by atoms with Gasteiger partial charge in [0.25, 0.3) is 0 Å². The normalized spacial score (nSPS) is 10.5. The van der Waals surface area contributed by atoms with Crippen molar-refractivity contribution in [3.63, 3.8) is 0 Å². The fraction of sp³-hybridized carbons (Fsp3) is 0.727. The zero-order chi connectivity index (χ0) is 22.1. The Morgan fingerprint density at radius 2 is 0.759 bits per heavy atom. The monoisotopic (exact) mass is 410 g/mol. The maximum absolute atomic E-state index is 11.8. The molecule has 7 heteroatoms. The van der Waals surface area contributed by atoms with Crippen molar-refractivity contribution in [3.8, 4) is 0 Å². The summed E-state index contributed by atoms with van der Waals surface area (Å²) in [4.78, 5) is 68.8. The fourth-order valence-electron chi connectivity index (χ4n) is 2.79. The van der Waals surface area contributed by atoms with Crippen LogP contribution < -0.4 is 0 Å². The smallest absolute Gasteiger partial charge is 0.303 e. The molecule has 0 saturated heterocycles. The molecule has 0 radical (unpaired) electrons. The third-order valence-corrected chi connectivity index (χ3v) is 4.61. The maximum Gasteiger partial charge on any atom is 0.303 e. The Morgan fingerprint density at radius 1 is 0.448 bits per heavy atom. The summed E-state index contributed by atoms with van der Waals surface area (Å²) in [5.41, 5.74) is 0. The molecule has 1 N–H and O–H groups in total. The molecular formula is C22H34O7. The van der Waals surface area contributed by atoms with Gasteiger partial charge in [-0.1, -0.05) is 13.3 Å². The van der Waals surface area contributed by atoms with Gasteiger partial charge in [-0.3, -0.25) is 28.8 Å². The first-order valence-corrected chi connectivity index (χ1v) is 10.5. The van der Waals surface area contributed by atoms with Crippen LogP contribution in [-0.4, -0.2) is 40.0 Å². The molecule has 0 aliphatic heterocycles. The summed E-state index contributed by atoms with van der Waals surface area (Å²) >= 11 is 0. The van der Waals surface area contributed by atoms with Crippen LogP contribution in [0.5, 0.6) is 0 Å². The Morgan fingerprint density at radius 3 is 1.10 bits per heavy atom. The molecule has 0 saturated carbocycles. The standard InChI is InChI=1S/C22H34O7/c1-2-6-17(23)9-11-19(25)13-15-21(27)16-14-20(26)12-10-18(24)7-4-3-5-8-22(28)29/h2-16H2,1H3,(H,28,29). The van der Waals surface area contributed by atoms with Gasteiger partial charge in [-0.2, -0.15) is 0 Å². The molecule has 0 amide bonds. The summed E-state index contributed by atoms with van der Waals surface area (Å²) in [6.45, 7) is 1.90. The van der Waals surface area contributed by atoms with Crippen molar-refractivity contribution in [1.82, 2.24) is 0 Å². The van der Waals surface area contributed by atoms with Gasteiger partial charge in [-0.05, 0) is 19.3 Å². The zero-order valence-electron chi connectivity index (χ0n) is 17.5. The number of hydrogen-bond acceptors (Lipinski definition) is 6.